The van der Waals surface area contributed by atoms with E-state index in [1.54, 1.807) is 26.1 Å². The van der Waals surface area contributed by atoms with Gasteiger partial charge in [0.2, 0.25) is 15.9 Å². The number of hydrogen-bond donors (Lipinski definition) is 1. The number of sulfonamides is 1. The zero-order chi connectivity index (χ0) is 33.0. The third-order valence-electron chi connectivity index (χ3n) is 9.67. The highest BCUT2D eigenvalue weighted by atomic mass is 32.2. The highest BCUT2D eigenvalue weighted by Gasteiger charge is 2.46. The van der Waals surface area contributed by atoms with Crippen molar-refractivity contribution in [1.29, 1.82) is 0 Å². The van der Waals surface area contributed by atoms with Crippen LogP contribution in [0.2, 0.25) is 0 Å². The Morgan fingerprint density at radius 3 is 2.54 bits per heavy atom. The van der Waals surface area contributed by atoms with Crippen LogP contribution in [-0.2, 0) is 32.6 Å². The van der Waals surface area contributed by atoms with Crippen LogP contribution < -0.4 is 4.74 Å². The minimum atomic E-state index is -4.00. The number of carboxylic acid groups (broad SMARTS) is 1. The molecule has 1 spiro atoms. The summed E-state index contributed by atoms with van der Waals surface area (Å²) in [7, 11) is -4.00. The zero-order valence-corrected chi connectivity index (χ0v) is 28.0. The molecule has 12 heteroatoms. The van der Waals surface area contributed by atoms with Crippen LogP contribution in [0.3, 0.4) is 0 Å². The smallest absolute Gasteiger partial charge is 0.310 e. The normalized spacial score (nSPS) is 18.6. The van der Waals surface area contributed by atoms with E-state index in [-0.39, 0.29) is 23.9 Å². The summed E-state index contributed by atoms with van der Waals surface area (Å²) < 4.78 is 43.9. The number of benzene rings is 2. The first kappa shape index (κ1) is 32.1. The molecule has 0 bridgehead atoms. The predicted octanol–water partition coefficient (Wildman–Crippen LogP) is 5.15. The second-order valence-electron chi connectivity index (χ2n) is 13.2. The summed E-state index contributed by atoms with van der Waals surface area (Å²) in [4.78, 5) is 17.2. The molecule has 4 heterocycles. The molecular formula is C34H41N5O6S. The van der Waals surface area contributed by atoms with E-state index in [1.165, 1.54) is 4.31 Å². The molecule has 1 N–H and O–H groups in total. The number of fused-ring (bicyclic) bond motifs is 2. The van der Waals surface area contributed by atoms with Gasteiger partial charge in [0.1, 0.15) is 16.0 Å². The molecule has 0 saturated carbocycles. The zero-order valence-electron chi connectivity index (χ0n) is 27.2. The quantitative estimate of drug-likeness (QED) is 0.289. The molecule has 0 radical (unpaired) electrons. The van der Waals surface area contributed by atoms with Gasteiger partial charge in [-0.3, -0.25) is 4.79 Å². The van der Waals surface area contributed by atoms with Gasteiger partial charge >= 0.3 is 5.97 Å². The van der Waals surface area contributed by atoms with E-state index < -0.39 is 32.9 Å². The monoisotopic (exact) mass is 647 g/mol. The van der Waals surface area contributed by atoms with E-state index in [0.717, 1.165) is 44.4 Å². The topological polar surface area (TPSA) is 137 Å². The lowest BCUT2D eigenvalue weighted by Crippen LogP contribution is -2.50. The van der Waals surface area contributed by atoms with E-state index in [0.29, 0.717) is 32.6 Å². The second kappa shape index (κ2) is 11.7. The van der Waals surface area contributed by atoms with E-state index in [2.05, 4.69) is 15.3 Å². The van der Waals surface area contributed by atoms with Crippen molar-refractivity contribution in [3.63, 3.8) is 0 Å². The molecule has 1 saturated heterocycles. The summed E-state index contributed by atoms with van der Waals surface area (Å²) in [6, 6.07) is 11.4. The van der Waals surface area contributed by atoms with Crippen LogP contribution in [-0.4, -0.2) is 69.1 Å². The Balaban J connectivity index is 1.46. The maximum absolute atomic E-state index is 14.3. The Kier molecular flexibility index (Phi) is 8.19. The molecule has 2 aliphatic rings. The second-order valence-corrected chi connectivity index (χ2v) is 15.1. The number of hydrogen-bond acceptors (Lipinski definition) is 8. The molecule has 6 rings (SSSR count). The Bertz CT molecular complexity index is 1930. The van der Waals surface area contributed by atoms with Gasteiger partial charge in [0, 0.05) is 38.0 Å². The van der Waals surface area contributed by atoms with E-state index in [1.807, 2.05) is 62.7 Å². The Morgan fingerprint density at radius 1 is 1.11 bits per heavy atom. The average Bonchev–Trinajstić information content (AvgIpc) is 3.41. The number of aliphatic carboxylic acids is 1. The third-order valence-corrected chi connectivity index (χ3v) is 11.5. The SMILES string of the molecule is CCn1nnc2c(C)c(C(c3ccc(C)c(CN4CC5(CCOCC5)Oc5ncc(C)cc5S4(=O)=O)c3)C(C)(C)C(=O)O)ccc21. The van der Waals surface area contributed by atoms with Crippen molar-refractivity contribution in [3.8, 4) is 5.88 Å². The number of aromatic nitrogens is 4. The van der Waals surface area contributed by atoms with Gasteiger partial charge < -0.3 is 14.6 Å². The van der Waals surface area contributed by atoms with Gasteiger partial charge in [-0.2, -0.15) is 4.31 Å². The fraction of sp³-hybridized carbons (Fsp3) is 0.471. The Morgan fingerprint density at radius 2 is 1.85 bits per heavy atom. The van der Waals surface area contributed by atoms with Crippen molar-refractivity contribution in [2.45, 2.75) is 83.9 Å². The molecule has 46 heavy (non-hydrogen) atoms. The van der Waals surface area contributed by atoms with Crippen LogP contribution in [0.4, 0.5) is 0 Å². The summed E-state index contributed by atoms with van der Waals surface area (Å²) in [6.07, 6.45) is 2.69. The van der Waals surface area contributed by atoms with Gasteiger partial charge in [-0.25, -0.2) is 18.1 Å². The van der Waals surface area contributed by atoms with Crippen LogP contribution in [0.15, 0.2) is 47.5 Å². The molecule has 4 aromatic rings. The molecule has 2 aromatic carbocycles. The van der Waals surface area contributed by atoms with Crippen LogP contribution >= 0.6 is 0 Å². The van der Waals surface area contributed by atoms with Crippen molar-refractivity contribution >= 4 is 27.0 Å². The van der Waals surface area contributed by atoms with E-state index in [4.69, 9.17) is 9.47 Å². The van der Waals surface area contributed by atoms with Gasteiger partial charge in [0.05, 0.1) is 30.7 Å². The lowest BCUT2D eigenvalue weighted by atomic mass is 9.69. The van der Waals surface area contributed by atoms with Gasteiger partial charge in [-0.05, 0) is 87.1 Å². The lowest BCUT2D eigenvalue weighted by molar-refractivity contribution is -0.147. The summed E-state index contributed by atoms with van der Waals surface area (Å²) in [5, 5.41) is 19.2. The van der Waals surface area contributed by atoms with Crippen LogP contribution in [0.1, 0.15) is 72.9 Å². The van der Waals surface area contributed by atoms with Crippen molar-refractivity contribution in [2.24, 2.45) is 5.41 Å². The first-order valence-electron chi connectivity index (χ1n) is 15.7. The fourth-order valence-electron chi connectivity index (χ4n) is 6.79. The van der Waals surface area contributed by atoms with Crippen molar-refractivity contribution < 1.29 is 27.8 Å². The highest BCUT2D eigenvalue weighted by molar-refractivity contribution is 7.89. The van der Waals surface area contributed by atoms with Gasteiger partial charge in [-0.15, -0.1) is 5.10 Å². The average molecular weight is 648 g/mol. The number of rotatable bonds is 7. The fourth-order valence-corrected chi connectivity index (χ4v) is 8.43. The summed E-state index contributed by atoms with van der Waals surface area (Å²) in [6.45, 7) is 13.0. The minimum absolute atomic E-state index is 0.0543. The highest BCUT2D eigenvalue weighted by Crippen LogP contribution is 2.45. The number of aryl methyl sites for hydroxylation is 4. The molecule has 1 unspecified atom stereocenters. The molecule has 11 nitrogen and oxygen atoms in total. The van der Waals surface area contributed by atoms with Crippen LogP contribution in [0.5, 0.6) is 5.88 Å². The summed E-state index contributed by atoms with van der Waals surface area (Å²) in [5.41, 5.74) is 4.53. The van der Waals surface area contributed by atoms with Crippen LogP contribution in [0.25, 0.3) is 11.0 Å². The molecule has 2 aliphatic heterocycles. The first-order chi connectivity index (χ1) is 21.8. The molecule has 1 fully saturated rings. The van der Waals surface area contributed by atoms with E-state index in [9.17, 15) is 18.3 Å². The number of ether oxygens (including phenoxy) is 2. The van der Waals surface area contributed by atoms with Crippen LogP contribution in [0, 0.1) is 26.2 Å². The lowest BCUT2D eigenvalue weighted by Gasteiger charge is -2.38. The van der Waals surface area contributed by atoms with Gasteiger partial charge in [-0.1, -0.05) is 29.5 Å². The predicted molar refractivity (Wildman–Crippen MR) is 172 cm³/mol. The number of pyridine rings is 1. The summed E-state index contributed by atoms with van der Waals surface area (Å²) in [5.74, 6) is -1.38. The first-order valence-corrected chi connectivity index (χ1v) is 17.1. The largest absolute Gasteiger partial charge is 0.481 e. The van der Waals surface area contributed by atoms with Gasteiger partial charge in [0.25, 0.3) is 0 Å². The van der Waals surface area contributed by atoms with Crippen molar-refractivity contribution in [2.75, 3.05) is 19.8 Å². The molecular weight excluding hydrogens is 606 g/mol. The minimum Gasteiger partial charge on any atom is -0.481 e. The molecule has 1 atom stereocenters. The maximum atomic E-state index is 14.3. The molecule has 0 aliphatic carbocycles. The maximum Gasteiger partial charge on any atom is 0.310 e. The van der Waals surface area contributed by atoms with Crippen molar-refractivity contribution in [1.82, 2.24) is 24.3 Å². The number of nitrogens with zero attached hydrogens (tertiary/aromatic N) is 5. The third kappa shape index (κ3) is 5.46. The standard InChI is InChI=1S/C34H41N5O6S/c1-7-39-27-11-10-26(23(4)30(27)36-37-39)29(33(5,6)32(40)41)24-9-8-22(3)25(17-24)19-38-20-34(12-14-44-15-13-34)45-31-28(46(38,42)43)16-21(2)18-35-31/h8-11,16-18,29H,7,12-15,19-20H2,1-6H3,(H,40,41). The Hall–Kier alpha value is -3.87. The molecule has 2 aromatic heterocycles. The number of carboxylic acids is 1. The summed E-state index contributed by atoms with van der Waals surface area (Å²) >= 11 is 0. The van der Waals surface area contributed by atoms with E-state index >= 15 is 0 Å². The Labute approximate surface area is 269 Å². The van der Waals surface area contributed by atoms with Gasteiger partial charge in [0.15, 0.2) is 0 Å². The number of carbonyl (C=O) groups is 1. The molecule has 0 amide bonds. The molecule has 244 valence electrons. The van der Waals surface area contributed by atoms with Crippen molar-refractivity contribution in [3.05, 3.63) is 76.0 Å².